The van der Waals surface area contributed by atoms with Crippen LogP contribution >= 0.6 is 0 Å². The molecule has 1 saturated heterocycles. The van der Waals surface area contributed by atoms with Crippen molar-refractivity contribution in [2.75, 3.05) is 31.1 Å². The van der Waals surface area contributed by atoms with Crippen molar-refractivity contribution < 1.29 is 18.0 Å². The number of rotatable bonds is 3. The molecule has 0 bridgehead atoms. The third kappa shape index (κ3) is 4.62. The molecule has 0 unspecified atom stereocenters. The highest BCUT2D eigenvalue weighted by Crippen LogP contribution is 2.33. The minimum atomic E-state index is -4.61. The predicted molar refractivity (Wildman–Crippen MR) is 119 cm³/mol. The number of piperazine rings is 1. The molecule has 0 radical (unpaired) electrons. The number of aryl methyl sites for hydroxylation is 2. The Bertz CT molecular complexity index is 1240. The first kappa shape index (κ1) is 22.6. The fourth-order valence-electron chi connectivity index (χ4n) is 3.98. The van der Waals surface area contributed by atoms with Gasteiger partial charge in [-0.2, -0.15) is 18.3 Å². The van der Waals surface area contributed by atoms with Crippen molar-refractivity contribution in [1.29, 1.82) is 0 Å². The van der Waals surface area contributed by atoms with Crippen LogP contribution in [0.2, 0.25) is 0 Å². The van der Waals surface area contributed by atoms with Crippen LogP contribution in [0.3, 0.4) is 0 Å². The summed E-state index contributed by atoms with van der Waals surface area (Å²) in [7, 11) is 0. The summed E-state index contributed by atoms with van der Waals surface area (Å²) in [4.78, 5) is 29.3. The maximum atomic E-state index is 13.5. The molecule has 2 aromatic carbocycles. The summed E-state index contributed by atoms with van der Waals surface area (Å²) >= 11 is 0. The Labute approximate surface area is 188 Å². The number of benzene rings is 2. The number of amides is 1. The van der Waals surface area contributed by atoms with Gasteiger partial charge in [-0.05, 0) is 43.7 Å². The van der Waals surface area contributed by atoms with Gasteiger partial charge in [0.15, 0.2) is 5.69 Å². The lowest BCUT2D eigenvalue weighted by Gasteiger charge is -2.36. The SMILES string of the molecule is Cc1cccc(N2CCN(C(=O)c3nn(-c4ccccc4C(F)(F)F)c(C)cc3=O)CC2)c1. The largest absolute Gasteiger partial charge is 0.418 e. The molecule has 2 heterocycles. The summed E-state index contributed by atoms with van der Waals surface area (Å²) in [6.07, 6.45) is -4.61. The van der Waals surface area contributed by atoms with Crippen LogP contribution in [0.4, 0.5) is 18.9 Å². The molecule has 1 aliphatic heterocycles. The normalized spacial score (nSPS) is 14.5. The predicted octanol–water partition coefficient (Wildman–Crippen LogP) is 3.83. The summed E-state index contributed by atoms with van der Waals surface area (Å²) in [6.45, 7) is 5.39. The van der Waals surface area contributed by atoms with E-state index in [0.717, 1.165) is 28.1 Å². The van der Waals surface area contributed by atoms with Gasteiger partial charge < -0.3 is 9.80 Å². The Balaban J connectivity index is 1.61. The lowest BCUT2D eigenvalue weighted by atomic mass is 10.1. The number of nitrogens with zero attached hydrogens (tertiary/aromatic N) is 4. The van der Waals surface area contributed by atoms with Gasteiger partial charge in [0, 0.05) is 43.6 Å². The van der Waals surface area contributed by atoms with Crippen LogP contribution in [0.5, 0.6) is 0 Å². The van der Waals surface area contributed by atoms with E-state index in [9.17, 15) is 22.8 Å². The maximum absolute atomic E-state index is 13.5. The molecule has 6 nitrogen and oxygen atoms in total. The van der Waals surface area contributed by atoms with Gasteiger partial charge >= 0.3 is 6.18 Å². The van der Waals surface area contributed by atoms with Crippen LogP contribution in [0.25, 0.3) is 5.69 Å². The van der Waals surface area contributed by atoms with E-state index in [1.54, 1.807) is 0 Å². The second-order valence-electron chi connectivity index (χ2n) is 8.04. The van der Waals surface area contributed by atoms with Crippen molar-refractivity contribution >= 4 is 11.6 Å². The molecule has 0 N–H and O–H groups in total. The van der Waals surface area contributed by atoms with Crippen molar-refractivity contribution in [3.63, 3.8) is 0 Å². The Kier molecular flexibility index (Phi) is 5.97. The standard InChI is InChI=1S/C24H23F3N4O2/c1-16-6-5-7-18(14-16)29-10-12-30(13-11-29)23(33)22-21(32)15-17(2)31(28-22)20-9-4-3-8-19(20)24(25,26)27/h3-9,14-15H,10-13H2,1-2H3. The number of hydrogen-bond acceptors (Lipinski definition) is 4. The average Bonchev–Trinajstić information content (AvgIpc) is 2.78. The first-order valence-corrected chi connectivity index (χ1v) is 10.5. The number of carbonyl (C=O) groups excluding carboxylic acids is 1. The fourth-order valence-corrected chi connectivity index (χ4v) is 3.98. The molecule has 0 saturated carbocycles. The van der Waals surface area contributed by atoms with Gasteiger partial charge in [0.05, 0.1) is 11.3 Å². The maximum Gasteiger partial charge on any atom is 0.418 e. The van der Waals surface area contributed by atoms with Gasteiger partial charge in [-0.15, -0.1) is 0 Å². The Hall–Kier alpha value is -3.62. The van der Waals surface area contributed by atoms with Gasteiger partial charge in [0.2, 0.25) is 5.43 Å². The van der Waals surface area contributed by atoms with Gasteiger partial charge in [-0.3, -0.25) is 9.59 Å². The van der Waals surface area contributed by atoms with Crippen molar-refractivity contribution in [2.45, 2.75) is 20.0 Å². The van der Waals surface area contributed by atoms with E-state index in [-0.39, 0.29) is 17.1 Å². The van der Waals surface area contributed by atoms with Crippen LogP contribution in [0.15, 0.2) is 59.4 Å². The van der Waals surface area contributed by atoms with Crippen molar-refractivity contribution in [3.8, 4) is 5.69 Å². The number of halogens is 3. The zero-order valence-electron chi connectivity index (χ0n) is 18.3. The third-order valence-electron chi connectivity index (χ3n) is 5.68. The van der Waals surface area contributed by atoms with Crippen LogP contribution in [0, 0.1) is 13.8 Å². The van der Waals surface area contributed by atoms with E-state index in [1.807, 2.05) is 25.1 Å². The van der Waals surface area contributed by atoms with Crippen molar-refractivity contribution in [3.05, 3.63) is 87.3 Å². The fraction of sp³-hybridized carbons (Fsp3) is 0.292. The molecule has 0 aliphatic carbocycles. The van der Waals surface area contributed by atoms with E-state index in [2.05, 4.69) is 16.1 Å². The summed E-state index contributed by atoms with van der Waals surface area (Å²) in [5.74, 6) is -0.581. The lowest BCUT2D eigenvalue weighted by Crippen LogP contribution is -2.50. The van der Waals surface area contributed by atoms with Gasteiger partial charge in [0.25, 0.3) is 5.91 Å². The van der Waals surface area contributed by atoms with Crippen LogP contribution in [-0.4, -0.2) is 46.8 Å². The highest BCUT2D eigenvalue weighted by molar-refractivity contribution is 5.92. The number of anilines is 1. The Morgan fingerprint density at radius 3 is 2.30 bits per heavy atom. The van der Waals surface area contributed by atoms with E-state index in [4.69, 9.17) is 0 Å². The number of alkyl halides is 3. The number of carbonyl (C=O) groups is 1. The molecule has 1 aliphatic rings. The smallest absolute Gasteiger partial charge is 0.368 e. The summed E-state index contributed by atoms with van der Waals surface area (Å²) < 4.78 is 41.6. The topological polar surface area (TPSA) is 58.4 Å². The number of hydrogen-bond donors (Lipinski definition) is 0. The minimum Gasteiger partial charge on any atom is -0.368 e. The minimum absolute atomic E-state index is 0.206. The van der Waals surface area contributed by atoms with Crippen LogP contribution in [-0.2, 0) is 6.18 Å². The molecule has 9 heteroatoms. The van der Waals surface area contributed by atoms with E-state index < -0.39 is 23.1 Å². The highest BCUT2D eigenvalue weighted by Gasteiger charge is 2.34. The zero-order valence-corrected chi connectivity index (χ0v) is 18.3. The van der Waals surface area contributed by atoms with Gasteiger partial charge in [-0.25, -0.2) is 4.68 Å². The van der Waals surface area contributed by atoms with E-state index >= 15 is 0 Å². The summed E-state index contributed by atoms with van der Waals surface area (Å²) in [5.41, 5.74) is 0.268. The molecule has 172 valence electrons. The summed E-state index contributed by atoms with van der Waals surface area (Å²) in [6, 6.07) is 14.1. The van der Waals surface area contributed by atoms with E-state index in [0.29, 0.717) is 26.2 Å². The quantitative estimate of drug-likeness (QED) is 0.601. The zero-order chi connectivity index (χ0) is 23.8. The number of para-hydroxylation sites is 1. The molecular formula is C24H23F3N4O2. The molecular weight excluding hydrogens is 433 g/mol. The third-order valence-corrected chi connectivity index (χ3v) is 5.68. The molecule has 1 fully saturated rings. The van der Waals surface area contributed by atoms with Gasteiger partial charge in [0.1, 0.15) is 0 Å². The van der Waals surface area contributed by atoms with Crippen LogP contribution in [0.1, 0.15) is 27.3 Å². The Morgan fingerprint density at radius 1 is 0.939 bits per heavy atom. The lowest BCUT2D eigenvalue weighted by molar-refractivity contribution is -0.137. The Morgan fingerprint density at radius 2 is 1.64 bits per heavy atom. The molecule has 3 aromatic rings. The monoisotopic (exact) mass is 456 g/mol. The van der Waals surface area contributed by atoms with Crippen molar-refractivity contribution in [2.24, 2.45) is 0 Å². The second kappa shape index (κ2) is 8.73. The first-order chi connectivity index (χ1) is 15.6. The van der Waals surface area contributed by atoms with E-state index in [1.165, 1.54) is 30.0 Å². The van der Waals surface area contributed by atoms with Crippen LogP contribution < -0.4 is 10.3 Å². The molecule has 33 heavy (non-hydrogen) atoms. The van der Waals surface area contributed by atoms with Crippen molar-refractivity contribution in [1.82, 2.24) is 14.7 Å². The molecule has 0 spiro atoms. The van der Waals surface area contributed by atoms with Gasteiger partial charge in [-0.1, -0.05) is 24.3 Å². The number of aromatic nitrogens is 2. The molecule has 1 amide bonds. The molecule has 1 aromatic heterocycles. The second-order valence-corrected chi connectivity index (χ2v) is 8.04. The first-order valence-electron chi connectivity index (χ1n) is 10.5. The average molecular weight is 456 g/mol. The molecule has 4 rings (SSSR count). The molecule has 0 atom stereocenters. The summed E-state index contributed by atoms with van der Waals surface area (Å²) in [5, 5.41) is 4.08. The highest BCUT2D eigenvalue weighted by atomic mass is 19.4.